The fraction of sp³-hybridized carbons (Fsp3) is 0.440. The van der Waals surface area contributed by atoms with Crippen LogP contribution in [0, 0.1) is 6.92 Å². The minimum atomic E-state index is -4.40. The molecule has 4 aliphatic rings. The fourth-order valence-electron chi connectivity index (χ4n) is 5.98. The molecule has 0 unspecified atom stereocenters. The zero-order chi connectivity index (χ0) is 23.7. The Balaban J connectivity index is 1.23. The number of benzene rings is 2. The summed E-state index contributed by atoms with van der Waals surface area (Å²) in [5, 5.41) is 3.26. The van der Waals surface area contributed by atoms with Gasteiger partial charge in [-0.1, -0.05) is 6.42 Å². The van der Waals surface area contributed by atoms with Crippen LogP contribution in [0.15, 0.2) is 30.3 Å². The second kappa shape index (κ2) is 7.13. The summed E-state index contributed by atoms with van der Waals surface area (Å²) < 4.78 is 50.6. The third-order valence-corrected chi connectivity index (χ3v) is 7.49. The van der Waals surface area contributed by atoms with Gasteiger partial charge in [-0.25, -0.2) is 4.98 Å². The van der Waals surface area contributed by atoms with Crippen molar-refractivity contribution in [1.29, 1.82) is 0 Å². The first-order chi connectivity index (χ1) is 16.2. The molecule has 178 valence electrons. The van der Waals surface area contributed by atoms with Crippen molar-refractivity contribution in [1.82, 2.24) is 15.3 Å². The number of imidazole rings is 1. The Labute approximate surface area is 193 Å². The van der Waals surface area contributed by atoms with E-state index in [0.29, 0.717) is 60.0 Å². The highest BCUT2D eigenvalue weighted by molar-refractivity contribution is 5.97. The molecule has 2 aromatic carbocycles. The molecule has 2 bridgehead atoms. The maximum absolute atomic E-state index is 13.2. The van der Waals surface area contributed by atoms with Gasteiger partial charge in [0.25, 0.3) is 5.91 Å². The fourth-order valence-corrected chi connectivity index (χ4v) is 5.98. The first-order valence-corrected chi connectivity index (χ1v) is 11.5. The molecule has 3 saturated carbocycles. The molecule has 0 spiro atoms. The number of amides is 1. The minimum Gasteiger partial charge on any atom is -0.486 e. The standard InChI is InChI=1S/C25H24F3N3O3/c1-14-9-19-20(34-8-7-33-19)11-16(14)21(32)31-24-6-2-5-23(12-24,13-24)22-29-17-4-3-15(25(26,27)28)10-18(17)30-22/h3-4,9-11H,2,5-8,12-13H2,1H3,(H,29,30)(H,31,32). The van der Waals surface area contributed by atoms with Gasteiger partial charge in [-0.05, 0) is 68.5 Å². The van der Waals surface area contributed by atoms with Crippen LogP contribution in [0.25, 0.3) is 11.0 Å². The number of carbonyl (C=O) groups excluding carboxylic acids is 1. The van der Waals surface area contributed by atoms with Crippen molar-refractivity contribution in [2.75, 3.05) is 13.2 Å². The number of rotatable bonds is 3. The first kappa shape index (κ1) is 21.3. The largest absolute Gasteiger partial charge is 0.486 e. The van der Waals surface area contributed by atoms with Gasteiger partial charge in [-0.3, -0.25) is 4.79 Å². The van der Waals surface area contributed by atoms with Crippen molar-refractivity contribution in [3.63, 3.8) is 0 Å². The van der Waals surface area contributed by atoms with Gasteiger partial charge in [0.05, 0.1) is 16.6 Å². The molecule has 0 saturated heterocycles. The van der Waals surface area contributed by atoms with Crippen LogP contribution in [0.5, 0.6) is 11.5 Å². The van der Waals surface area contributed by atoms with Crippen LogP contribution in [-0.2, 0) is 11.6 Å². The first-order valence-electron chi connectivity index (χ1n) is 11.5. The monoisotopic (exact) mass is 471 g/mol. The van der Waals surface area contributed by atoms with Crippen LogP contribution in [0.3, 0.4) is 0 Å². The van der Waals surface area contributed by atoms with E-state index in [-0.39, 0.29) is 16.9 Å². The van der Waals surface area contributed by atoms with E-state index in [2.05, 4.69) is 15.3 Å². The van der Waals surface area contributed by atoms with E-state index in [0.717, 1.165) is 37.0 Å². The summed E-state index contributed by atoms with van der Waals surface area (Å²) in [7, 11) is 0. The number of aryl methyl sites for hydroxylation is 1. The quantitative estimate of drug-likeness (QED) is 0.561. The van der Waals surface area contributed by atoms with Crippen LogP contribution >= 0.6 is 0 Å². The van der Waals surface area contributed by atoms with Crippen LogP contribution in [0.1, 0.15) is 59.4 Å². The smallest absolute Gasteiger partial charge is 0.416 e. The molecule has 3 aliphatic carbocycles. The maximum atomic E-state index is 13.2. The summed E-state index contributed by atoms with van der Waals surface area (Å²) in [6.07, 6.45) is -0.319. The van der Waals surface area contributed by atoms with Gasteiger partial charge in [-0.2, -0.15) is 13.2 Å². The number of H-pyrrole nitrogens is 1. The van der Waals surface area contributed by atoms with E-state index in [1.165, 1.54) is 6.07 Å². The summed E-state index contributed by atoms with van der Waals surface area (Å²) in [6, 6.07) is 7.16. The molecule has 34 heavy (non-hydrogen) atoms. The zero-order valence-electron chi connectivity index (χ0n) is 18.6. The Morgan fingerprint density at radius 1 is 1.09 bits per heavy atom. The van der Waals surface area contributed by atoms with E-state index in [1.807, 2.05) is 13.0 Å². The molecule has 3 aromatic rings. The number of carbonyl (C=O) groups is 1. The van der Waals surface area contributed by atoms with E-state index in [4.69, 9.17) is 9.47 Å². The Kier molecular flexibility index (Phi) is 4.47. The summed E-state index contributed by atoms with van der Waals surface area (Å²) in [4.78, 5) is 21.0. The molecule has 3 fully saturated rings. The Hall–Kier alpha value is -3.23. The summed E-state index contributed by atoms with van der Waals surface area (Å²) in [5.41, 5.74) is 0.994. The van der Waals surface area contributed by atoms with Gasteiger partial charge in [0.15, 0.2) is 11.5 Å². The molecule has 1 aliphatic heterocycles. The van der Waals surface area contributed by atoms with Crippen molar-refractivity contribution in [2.45, 2.75) is 56.2 Å². The number of aromatic amines is 1. The SMILES string of the molecule is Cc1cc2c(cc1C(=O)NC13CCCC(c4nc5ccc(C(F)(F)F)cc5[nH]4)(C1)C3)OCCO2. The van der Waals surface area contributed by atoms with E-state index in [9.17, 15) is 18.0 Å². The average molecular weight is 471 g/mol. The predicted octanol–water partition coefficient (Wildman–Crippen LogP) is 5.05. The van der Waals surface area contributed by atoms with Gasteiger partial charge in [0, 0.05) is 16.5 Å². The lowest BCUT2D eigenvalue weighted by molar-refractivity contribution is -0.137. The maximum Gasteiger partial charge on any atom is 0.416 e. The molecule has 0 atom stereocenters. The van der Waals surface area contributed by atoms with Gasteiger partial charge in [0.1, 0.15) is 19.0 Å². The molecule has 1 amide bonds. The lowest BCUT2D eigenvalue weighted by Gasteiger charge is -2.60. The second-order valence-corrected chi connectivity index (χ2v) is 9.85. The normalized spacial score (nSPS) is 25.6. The van der Waals surface area contributed by atoms with Crippen molar-refractivity contribution >= 4 is 16.9 Å². The number of hydrogen-bond acceptors (Lipinski definition) is 4. The lowest BCUT2D eigenvalue weighted by Crippen LogP contribution is -2.66. The van der Waals surface area contributed by atoms with Crippen LogP contribution in [0.4, 0.5) is 13.2 Å². The van der Waals surface area contributed by atoms with Gasteiger partial charge in [0.2, 0.25) is 0 Å². The molecule has 2 heterocycles. The number of alkyl halides is 3. The van der Waals surface area contributed by atoms with Crippen LogP contribution in [0.2, 0.25) is 0 Å². The molecule has 2 N–H and O–H groups in total. The molecule has 1 aromatic heterocycles. The molecule has 9 heteroatoms. The Bertz CT molecular complexity index is 1310. The predicted molar refractivity (Wildman–Crippen MR) is 118 cm³/mol. The number of nitrogens with one attached hydrogen (secondary N) is 2. The summed E-state index contributed by atoms with van der Waals surface area (Å²) in [6.45, 7) is 2.81. The van der Waals surface area contributed by atoms with Gasteiger partial charge < -0.3 is 19.8 Å². The summed E-state index contributed by atoms with van der Waals surface area (Å²) in [5.74, 6) is 1.79. The van der Waals surface area contributed by atoms with Crippen molar-refractivity contribution < 1.29 is 27.4 Å². The lowest BCUT2D eigenvalue weighted by atomic mass is 9.49. The zero-order valence-corrected chi connectivity index (χ0v) is 18.6. The Morgan fingerprint density at radius 3 is 2.56 bits per heavy atom. The van der Waals surface area contributed by atoms with Crippen molar-refractivity contribution in [3.8, 4) is 11.5 Å². The molecule has 7 rings (SSSR count). The molecule has 6 nitrogen and oxygen atoms in total. The molecular weight excluding hydrogens is 447 g/mol. The van der Waals surface area contributed by atoms with Crippen LogP contribution < -0.4 is 14.8 Å². The topological polar surface area (TPSA) is 76.2 Å². The second-order valence-electron chi connectivity index (χ2n) is 9.85. The summed E-state index contributed by atoms with van der Waals surface area (Å²) >= 11 is 0. The number of ether oxygens (including phenoxy) is 2. The third kappa shape index (κ3) is 3.32. The highest BCUT2D eigenvalue weighted by Crippen LogP contribution is 2.59. The third-order valence-electron chi connectivity index (χ3n) is 7.49. The number of aromatic nitrogens is 2. The average Bonchev–Trinajstić information content (AvgIpc) is 3.22. The molecule has 0 radical (unpaired) electrons. The minimum absolute atomic E-state index is 0.149. The van der Waals surface area contributed by atoms with E-state index >= 15 is 0 Å². The number of hydrogen-bond donors (Lipinski definition) is 2. The van der Waals surface area contributed by atoms with Gasteiger partial charge >= 0.3 is 6.18 Å². The Morgan fingerprint density at radius 2 is 1.82 bits per heavy atom. The van der Waals surface area contributed by atoms with Crippen molar-refractivity contribution in [3.05, 3.63) is 52.8 Å². The van der Waals surface area contributed by atoms with E-state index < -0.39 is 11.7 Å². The number of halogens is 3. The molecular formula is C25H24F3N3O3. The van der Waals surface area contributed by atoms with E-state index in [1.54, 1.807) is 6.07 Å². The highest BCUT2D eigenvalue weighted by Gasteiger charge is 2.60. The number of nitrogens with zero attached hydrogens (tertiary/aromatic N) is 1. The van der Waals surface area contributed by atoms with Gasteiger partial charge in [-0.15, -0.1) is 0 Å². The van der Waals surface area contributed by atoms with Crippen molar-refractivity contribution in [2.24, 2.45) is 0 Å². The van der Waals surface area contributed by atoms with Crippen LogP contribution in [-0.4, -0.2) is 34.6 Å². The highest BCUT2D eigenvalue weighted by atomic mass is 19.4. The number of fused-ring (bicyclic) bond motifs is 4.